The first kappa shape index (κ1) is 20.3. The molecule has 28 heavy (non-hydrogen) atoms. The van der Waals surface area contributed by atoms with Crippen LogP contribution in [0.4, 0.5) is 10.5 Å². The SMILES string of the molecule is CC(C)(O)CN1CCN(Cc2ccc(NC(=O)NCc3cnco3)cc2)CC1. The number of rotatable bonds is 7. The molecule has 152 valence electrons. The molecule has 0 atom stereocenters. The third-order valence-corrected chi connectivity index (χ3v) is 4.60. The lowest BCUT2D eigenvalue weighted by molar-refractivity contribution is 0.0167. The van der Waals surface area contributed by atoms with E-state index in [1.165, 1.54) is 12.0 Å². The Hall–Kier alpha value is -2.42. The lowest BCUT2D eigenvalue weighted by Gasteiger charge is -2.37. The molecule has 0 radical (unpaired) electrons. The van der Waals surface area contributed by atoms with Gasteiger partial charge in [0, 0.05) is 45.0 Å². The van der Waals surface area contributed by atoms with E-state index in [2.05, 4.69) is 25.4 Å². The van der Waals surface area contributed by atoms with Gasteiger partial charge in [0.15, 0.2) is 6.39 Å². The van der Waals surface area contributed by atoms with Crippen molar-refractivity contribution in [2.75, 3.05) is 38.0 Å². The minimum Gasteiger partial charge on any atom is -0.447 e. The number of nitrogens with one attached hydrogen (secondary N) is 2. The summed E-state index contributed by atoms with van der Waals surface area (Å²) in [6.07, 6.45) is 2.90. The van der Waals surface area contributed by atoms with Crippen molar-refractivity contribution >= 4 is 11.7 Å². The molecule has 1 aromatic heterocycles. The van der Waals surface area contributed by atoms with E-state index in [0.717, 1.165) is 38.4 Å². The predicted octanol–water partition coefficient (Wildman–Crippen LogP) is 1.88. The zero-order chi connectivity index (χ0) is 20.0. The molecule has 1 saturated heterocycles. The molecule has 0 unspecified atom stereocenters. The van der Waals surface area contributed by atoms with Gasteiger partial charge < -0.3 is 20.2 Å². The second-order valence-electron chi connectivity index (χ2n) is 7.84. The van der Waals surface area contributed by atoms with Crippen LogP contribution in [-0.4, -0.2) is 64.2 Å². The molecule has 1 aliphatic rings. The van der Waals surface area contributed by atoms with Crippen LogP contribution in [0.2, 0.25) is 0 Å². The van der Waals surface area contributed by atoms with Gasteiger partial charge >= 0.3 is 6.03 Å². The zero-order valence-electron chi connectivity index (χ0n) is 16.5. The fourth-order valence-corrected chi connectivity index (χ4v) is 3.28. The first-order valence-corrected chi connectivity index (χ1v) is 9.56. The van der Waals surface area contributed by atoms with E-state index < -0.39 is 5.60 Å². The molecule has 2 amide bonds. The van der Waals surface area contributed by atoms with Crippen molar-refractivity contribution in [2.45, 2.75) is 32.5 Å². The van der Waals surface area contributed by atoms with Crippen LogP contribution in [0.5, 0.6) is 0 Å². The first-order valence-electron chi connectivity index (χ1n) is 9.56. The van der Waals surface area contributed by atoms with Crippen molar-refractivity contribution < 1.29 is 14.3 Å². The van der Waals surface area contributed by atoms with Crippen molar-refractivity contribution in [3.8, 4) is 0 Å². The van der Waals surface area contributed by atoms with E-state index in [9.17, 15) is 9.90 Å². The highest BCUT2D eigenvalue weighted by atomic mass is 16.3. The maximum absolute atomic E-state index is 11.9. The van der Waals surface area contributed by atoms with Crippen LogP contribution < -0.4 is 10.6 Å². The van der Waals surface area contributed by atoms with E-state index >= 15 is 0 Å². The Balaban J connectivity index is 1.40. The van der Waals surface area contributed by atoms with Gasteiger partial charge in [-0.2, -0.15) is 0 Å². The fraction of sp³-hybridized carbons (Fsp3) is 0.500. The highest BCUT2D eigenvalue weighted by molar-refractivity contribution is 5.89. The molecule has 0 bridgehead atoms. The number of aliphatic hydroxyl groups is 1. The van der Waals surface area contributed by atoms with Gasteiger partial charge in [-0.25, -0.2) is 9.78 Å². The van der Waals surface area contributed by atoms with Crippen LogP contribution >= 0.6 is 0 Å². The molecule has 0 spiro atoms. The predicted molar refractivity (Wildman–Crippen MR) is 107 cm³/mol. The zero-order valence-corrected chi connectivity index (χ0v) is 16.5. The molecular weight excluding hydrogens is 358 g/mol. The number of aromatic nitrogens is 1. The molecule has 1 aromatic carbocycles. The van der Waals surface area contributed by atoms with E-state index in [0.29, 0.717) is 18.8 Å². The number of oxazole rings is 1. The molecule has 1 aliphatic heterocycles. The summed E-state index contributed by atoms with van der Waals surface area (Å²) in [5, 5.41) is 15.5. The van der Waals surface area contributed by atoms with Gasteiger partial charge in [0.05, 0.1) is 18.3 Å². The molecular formula is C20H29N5O3. The number of urea groups is 1. The second kappa shape index (κ2) is 9.18. The van der Waals surface area contributed by atoms with Gasteiger partial charge in [-0.05, 0) is 31.5 Å². The Morgan fingerprint density at radius 3 is 2.46 bits per heavy atom. The van der Waals surface area contributed by atoms with E-state index in [4.69, 9.17) is 4.42 Å². The van der Waals surface area contributed by atoms with Gasteiger partial charge in [-0.1, -0.05) is 12.1 Å². The smallest absolute Gasteiger partial charge is 0.319 e. The van der Waals surface area contributed by atoms with Crippen molar-refractivity contribution in [1.82, 2.24) is 20.1 Å². The minimum atomic E-state index is -0.647. The maximum atomic E-state index is 11.9. The normalized spacial score (nSPS) is 16.1. The summed E-state index contributed by atoms with van der Waals surface area (Å²) in [6.45, 7) is 9.49. The quantitative estimate of drug-likeness (QED) is 0.672. The minimum absolute atomic E-state index is 0.285. The number of anilines is 1. The first-order chi connectivity index (χ1) is 13.4. The Labute approximate surface area is 165 Å². The average Bonchev–Trinajstić information content (AvgIpc) is 3.16. The number of benzene rings is 1. The Morgan fingerprint density at radius 2 is 1.86 bits per heavy atom. The summed E-state index contributed by atoms with van der Waals surface area (Å²) in [4.78, 5) is 20.4. The van der Waals surface area contributed by atoms with Gasteiger partial charge in [-0.3, -0.25) is 9.80 Å². The number of β-amino-alcohol motifs (C(OH)–C–C–N with tert-alkyl or cyclic N) is 1. The molecule has 8 heteroatoms. The lowest BCUT2D eigenvalue weighted by atomic mass is 10.1. The van der Waals surface area contributed by atoms with Crippen molar-refractivity contribution in [2.24, 2.45) is 0 Å². The highest BCUT2D eigenvalue weighted by Crippen LogP contribution is 2.14. The molecule has 8 nitrogen and oxygen atoms in total. The lowest BCUT2D eigenvalue weighted by Crippen LogP contribution is -2.50. The van der Waals surface area contributed by atoms with Gasteiger partial charge in [0.1, 0.15) is 5.76 Å². The molecule has 3 N–H and O–H groups in total. The van der Waals surface area contributed by atoms with Gasteiger partial charge in [0.2, 0.25) is 0 Å². The summed E-state index contributed by atoms with van der Waals surface area (Å²) in [5.41, 5.74) is 1.31. The van der Waals surface area contributed by atoms with Crippen molar-refractivity contribution in [3.63, 3.8) is 0 Å². The number of carbonyl (C=O) groups excluding carboxylic acids is 1. The molecule has 0 aliphatic carbocycles. The number of nitrogens with zero attached hydrogens (tertiary/aromatic N) is 3. The summed E-state index contributed by atoms with van der Waals surface area (Å²) >= 11 is 0. The standard InChI is InChI=1S/C20H29N5O3/c1-20(2,27)14-25-9-7-24(8-10-25)13-16-3-5-17(6-4-16)23-19(26)22-12-18-11-21-15-28-18/h3-6,11,15,27H,7-10,12-14H2,1-2H3,(H2,22,23,26). The third kappa shape index (κ3) is 6.63. The van der Waals surface area contributed by atoms with Crippen LogP contribution in [0.1, 0.15) is 25.2 Å². The summed E-state index contributed by atoms with van der Waals surface area (Å²) in [6, 6.07) is 7.61. The summed E-state index contributed by atoms with van der Waals surface area (Å²) < 4.78 is 5.08. The van der Waals surface area contributed by atoms with Crippen LogP contribution in [0.3, 0.4) is 0 Å². The highest BCUT2D eigenvalue weighted by Gasteiger charge is 2.22. The topological polar surface area (TPSA) is 93.9 Å². The van der Waals surface area contributed by atoms with Gasteiger partial charge in [0.25, 0.3) is 0 Å². The van der Waals surface area contributed by atoms with Crippen LogP contribution in [0, 0.1) is 0 Å². The molecule has 0 saturated carbocycles. The van der Waals surface area contributed by atoms with Gasteiger partial charge in [-0.15, -0.1) is 0 Å². The van der Waals surface area contributed by atoms with Crippen LogP contribution in [-0.2, 0) is 13.1 Å². The second-order valence-corrected chi connectivity index (χ2v) is 7.84. The third-order valence-electron chi connectivity index (χ3n) is 4.60. The van der Waals surface area contributed by atoms with E-state index in [-0.39, 0.29) is 6.03 Å². The van der Waals surface area contributed by atoms with E-state index in [1.807, 2.05) is 38.1 Å². The maximum Gasteiger partial charge on any atom is 0.319 e. The molecule has 3 rings (SSSR count). The Bertz CT molecular complexity index is 732. The average molecular weight is 387 g/mol. The van der Waals surface area contributed by atoms with E-state index in [1.54, 1.807) is 6.20 Å². The number of amides is 2. The molecule has 1 fully saturated rings. The number of piperazine rings is 1. The molecule has 2 aromatic rings. The Kier molecular flexibility index (Phi) is 6.66. The monoisotopic (exact) mass is 387 g/mol. The number of carbonyl (C=O) groups is 1. The van der Waals surface area contributed by atoms with Crippen molar-refractivity contribution in [3.05, 3.63) is 48.2 Å². The van der Waals surface area contributed by atoms with Crippen LogP contribution in [0.25, 0.3) is 0 Å². The Morgan fingerprint density at radius 1 is 1.18 bits per heavy atom. The molecule has 2 heterocycles. The number of hydrogen-bond donors (Lipinski definition) is 3. The van der Waals surface area contributed by atoms with Crippen LogP contribution in [0.15, 0.2) is 41.3 Å². The fourth-order valence-electron chi connectivity index (χ4n) is 3.28. The summed E-state index contributed by atoms with van der Waals surface area (Å²) in [7, 11) is 0. The van der Waals surface area contributed by atoms with Crippen molar-refractivity contribution in [1.29, 1.82) is 0 Å². The largest absolute Gasteiger partial charge is 0.447 e. The number of hydrogen-bond acceptors (Lipinski definition) is 6. The summed E-state index contributed by atoms with van der Waals surface area (Å²) in [5.74, 6) is 0.605.